The highest BCUT2D eigenvalue weighted by atomic mass is 16.5. The number of anilines is 2. The van der Waals surface area contributed by atoms with Crippen LogP contribution in [-0.2, 0) is 4.74 Å². The Hall–Kier alpha value is -2.86. The van der Waals surface area contributed by atoms with Gasteiger partial charge in [-0.25, -0.2) is 0 Å². The van der Waals surface area contributed by atoms with Gasteiger partial charge in [0.25, 0.3) is 11.8 Å². The number of nitrogens with zero attached hydrogens (tertiary/aromatic N) is 1. The van der Waals surface area contributed by atoms with Crippen LogP contribution in [0, 0.1) is 0 Å². The molecule has 0 radical (unpaired) electrons. The van der Waals surface area contributed by atoms with Crippen LogP contribution in [0.1, 0.15) is 41.0 Å². The summed E-state index contributed by atoms with van der Waals surface area (Å²) in [4.78, 5) is 26.7. The molecule has 0 aliphatic heterocycles. The number of benzene rings is 2. The Morgan fingerprint density at radius 2 is 1.46 bits per heavy atom. The maximum absolute atomic E-state index is 12.4. The van der Waals surface area contributed by atoms with Crippen LogP contribution >= 0.6 is 0 Å². The van der Waals surface area contributed by atoms with Gasteiger partial charge in [0.15, 0.2) is 0 Å². The van der Waals surface area contributed by atoms with Crippen molar-refractivity contribution < 1.29 is 14.3 Å². The fourth-order valence-corrected chi connectivity index (χ4v) is 2.84. The van der Waals surface area contributed by atoms with Crippen molar-refractivity contribution in [3.8, 4) is 0 Å². The summed E-state index contributed by atoms with van der Waals surface area (Å²) in [5.74, 6) is -0.363. The summed E-state index contributed by atoms with van der Waals surface area (Å²) in [6.45, 7) is 7.27. The summed E-state index contributed by atoms with van der Waals surface area (Å²) >= 11 is 0. The molecule has 2 amide bonds. The average Bonchev–Trinajstić information content (AvgIpc) is 2.73. The van der Waals surface area contributed by atoms with Gasteiger partial charge in [0.1, 0.15) is 0 Å². The Morgan fingerprint density at radius 1 is 0.893 bits per heavy atom. The zero-order valence-electron chi connectivity index (χ0n) is 16.8. The Morgan fingerprint density at radius 3 is 2.00 bits per heavy atom. The second-order valence-electron chi connectivity index (χ2n) is 6.35. The van der Waals surface area contributed by atoms with Crippen molar-refractivity contribution in [1.82, 2.24) is 5.32 Å². The first kappa shape index (κ1) is 21.4. The molecule has 0 saturated carbocycles. The fourth-order valence-electron chi connectivity index (χ4n) is 2.84. The minimum absolute atomic E-state index is 0.157. The van der Waals surface area contributed by atoms with Gasteiger partial charge in [-0.05, 0) is 68.8 Å². The molecule has 150 valence electrons. The minimum Gasteiger partial charge on any atom is -0.385 e. The minimum atomic E-state index is -0.206. The van der Waals surface area contributed by atoms with Crippen molar-refractivity contribution in [1.29, 1.82) is 0 Å². The largest absolute Gasteiger partial charge is 0.385 e. The normalized spacial score (nSPS) is 10.4. The van der Waals surface area contributed by atoms with Crippen LogP contribution in [0.3, 0.4) is 0 Å². The predicted molar refractivity (Wildman–Crippen MR) is 113 cm³/mol. The quantitative estimate of drug-likeness (QED) is 0.616. The van der Waals surface area contributed by atoms with Gasteiger partial charge in [-0.15, -0.1) is 0 Å². The van der Waals surface area contributed by atoms with Gasteiger partial charge in [0.2, 0.25) is 0 Å². The lowest BCUT2D eigenvalue weighted by Gasteiger charge is -2.21. The molecule has 2 rings (SSSR count). The lowest BCUT2D eigenvalue weighted by atomic mass is 10.1. The van der Waals surface area contributed by atoms with Gasteiger partial charge < -0.3 is 20.3 Å². The zero-order chi connectivity index (χ0) is 20.4. The summed E-state index contributed by atoms with van der Waals surface area (Å²) in [7, 11) is 1.63. The highest BCUT2D eigenvalue weighted by Gasteiger charge is 2.09. The number of carbonyl (C=O) groups is 2. The van der Waals surface area contributed by atoms with Crippen molar-refractivity contribution in [2.45, 2.75) is 20.3 Å². The smallest absolute Gasteiger partial charge is 0.255 e. The molecule has 6 nitrogen and oxygen atoms in total. The van der Waals surface area contributed by atoms with E-state index in [1.165, 1.54) is 0 Å². The number of ether oxygens (including phenoxy) is 1. The Balaban J connectivity index is 1.93. The molecule has 0 aromatic heterocycles. The van der Waals surface area contributed by atoms with Crippen LogP contribution in [0.15, 0.2) is 48.5 Å². The molecule has 2 N–H and O–H groups in total. The molecule has 0 bridgehead atoms. The molecule has 0 unspecified atom stereocenters. The molecule has 0 aliphatic carbocycles. The number of carbonyl (C=O) groups excluding carboxylic acids is 2. The summed E-state index contributed by atoms with van der Waals surface area (Å²) in [5.41, 5.74) is 2.89. The van der Waals surface area contributed by atoms with Crippen LogP contribution in [-0.4, -0.2) is 45.2 Å². The van der Waals surface area contributed by atoms with Gasteiger partial charge in [-0.3, -0.25) is 9.59 Å². The summed E-state index contributed by atoms with van der Waals surface area (Å²) < 4.78 is 4.95. The van der Waals surface area contributed by atoms with E-state index in [9.17, 15) is 9.59 Å². The first-order chi connectivity index (χ1) is 13.6. The van der Waals surface area contributed by atoms with E-state index in [0.29, 0.717) is 24.3 Å². The van der Waals surface area contributed by atoms with E-state index in [0.717, 1.165) is 30.9 Å². The molecule has 0 heterocycles. The molecule has 0 spiro atoms. The summed E-state index contributed by atoms with van der Waals surface area (Å²) in [5, 5.41) is 5.71. The molecule has 2 aromatic rings. The van der Waals surface area contributed by atoms with Gasteiger partial charge in [-0.2, -0.15) is 0 Å². The summed E-state index contributed by atoms with van der Waals surface area (Å²) in [6.07, 6.45) is 0.760. The molecule has 0 saturated heterocycles. The molecular formula is C22H29N3O3. The van der Waals surface area contributed by atoms with Crippen LogP contribution in [0.25, 0.3) is 0 Å². The van der Waals surface area contributed by atoms with Gasteiger partial charge >= 0.3 is 0 Å². The first-order valence-electron chi connectivity index (χ1n) is 9.62. The van der Waals surface area contributed by atoms with E-state index >= 15 is 0 Å². The van der Waals surface area contributed by atoms with Crippen molar-refractivity contribution in [3.05, 3.63) is 59.7 Å². The topological polar surface area (TPSA) is 70.7 Å². The molecule has 0 aliphatic rings. The highest BCUT2D eigenvalue weighted by Crippen LogP contribution is 2.18. The highest BCUT2D eigenvalue weighted by molar-refractivity contribution is 6.05. The predicted octanol–water partition coefficient (Wildman–Crippen LogP) is 3.55. The molecule has 2 aromatic carbocycles. The zero-order valence-corrected chi connectivity index (χ0v) is 16.8. The third-order valence-corrected chi connectivity index (χ3v) is 4.47. The second kappa shape index (κ2) is 11.1. The number of methoxy groups -OCH3 is 1. The van der Waals surface area contributed by atoms with E-state index in [-0.39, 0.29) is 11.8 Å². The molecular weight excluding hydrogens is 354 g/mol. The van der Waals surface area contributed by atoms with E-state index < -0.39 is 0 Å². The molecule has 28 heavy (non-hydrogen) atoms. The number of nitrogens with one attached hydrogen (secondary N) is 2. The third-order valence-electron chi connectivity index (χ3n) is 4.47. The SMILES string of the molecule is CCN(CC)c1ccc(NC(=O)c2ccc(C(=O)NCCCOC)cc2)cc1. The van der Waals surface area contributed by atoms with Crippen molar-refractivity contribution in [2.75, 3.05) is 43.6 Å². The maximum Gasteiger partial charge on any atom is 0.255 e. The Bertz CT molecular complexity index is 754. The van der Waals surface area contributed by atoms with E-state index in [2.05, 4.69) is 29.4 Å². The standard InChI is InChI=1S/C22H29N3O3/c1-4-25(5-2)20-13-11-19(12-14-20)24-22(27)18-9-7-17(8-10-18)21(26)23-15-6-16-28-3/h7-14H,4-6,15-16H2,1-3H3,(H,23,26)(H,24,27). The molecule has 6 heteroatoms. The lowest BCUT2D eigenvalue weighted by molar-refractivity contribution is 0.0947. The fraction of sp³-hybridized carbons (Fsp3) is 0.364. The summed E-state index contributed by atoms with van der Waals surface area (Å²) in [6, 6.07) is 14.4. The Labute approximate surface area is 166 Å². The number of rotatable bonds is 10. The van der Waals surface area contributed by atoms with Gasteiger partial charge in [0, 0.05) is 55.9 Å². The van der Waals surface area contributed by atoms with E-state index in [1.54, 1.807) is 31.4 Å². The van der Waals surface area contributed by atoms with Crippen molar-refractivity contribution in [2.24, 2.45) is 0 Å². The maximum atomic E-state index is 12.4. The number of hydrogen-bond donors (Lipinski definition) is 2. The molecule has 0 atom stereocenters. The lowest BCUT2D eigenvalue weighted by Crippen LogP contribution is -2.25. The van der Waals surface area contributed by atoms with E-state index in [4.69, 9.17) is 4.74 Å². The molecule has 0 fully saturated rings. The monoisotopic (exact) mass is 383 g/mol. The second-order valence-corrected chi connectivity index (χ2v) is 6.35. The van der Waals surface area contributed by atoms with Crippen LogP contribution < -0.4 is 15.5 Å². The van der Waals surface area contributed by atoms with Crippen LogP contribution in [0.2, 0.25) is 0 Å². The van der Waals surface area contributed by atoms with Gasteiger partial charge in [-0.1, -0.05) is 0 Å². The Kier molecular flexibility index (Phi) is 8.49. The third kappa shape index (κ3) is 6.09. The van der Waals surface area contributed by atoms with Crippen LogP contribution in [0.5, 0.6) is 0 Å². The average molecular weight is 383 g/mol. The first-order valence-corrected chi connectivity index (χ1v) is 9.62. The number of amides is 2. The van der Waals surface area contributed by atoms with Crippen molar-refractivity contribution >= 4 is 23.2 Å². The van der Waals surface area contributed by atoms with Gasteiger partial charge in [0.05, 0.1) is 0 Å². The van der Waals surface area contributed by atoms with Crippen LogP contribution in [0.4, 0.5) is 11.4 Å². The van der Waals surface area contributed by atoms with Crippen molar-refractivity contribution in [3.63, 3.8) is 0 Å². The van der Waals surface area contributed by atoms with E-state index in [1.807, 2.05) is 24.3 Å². The number of hydrogen-bond acceptors (Lipinski definition) is 4.